The number of rotatable bonds is 7. The van der Waals surface area contributed by atoms with Crippen molar-refractivity contribution in [2.75, 3.05) is 18.2 Å². The molecular formula is C19H20N4O4S. The minimum atomic E-state index is -0.393. The number of hydrogen-bond donors (Lipinski definition) is 1. The third-order valence-corrected chi connectivity index (χ3v) is 4.90. The van der Waals surface area contributed by atoms with Crippen molar-refractivity contribution in [3.05, 3.63) is 47.9 Å². The summed E-state index contributed by atoms with van der Waals surface area (Å²) in [6.07, 6.45) is 1.69. The summed E-state index contributed by atoms with van der Waals surface area (Å²) < 4.78 is 11.5. The Bertz CT molecular complexity index is 978. The molecule has 3 aromatic rings. The van der Waals surface area contributed by atoms with Gasteiger partial charge in [-0.25, -0.2) is 4.98 Å². The van der Waals surface area contributed by atoms with Gasteiger partial charge in [0.1, 0.15) is 12.3 Å². The molecule has 3 rings (SSSR count). The molecule has 0 aliphatic heterocycles. The fraction of sp³-hybridized carbons (Fsp3) is 0.263. The Morgan fingerprint density at radius 3 is 2.64 bits per heavy atom. The molecule has 0 bridgehead atoms. The Labute approximate surface area is 166 Å². The van der Waals surface area contributed by atoms with Gasteiger partial charge in [-0.2, -0.15) is 0 Å². The van der Waals surface area contributed by atoms with Gasteiger partial charge >= 0.3 is 5.97 Å². The normalized spacial score (nSPS) is 10.7. The minimum Gasteiger partial charge on any atom is -0.468 e. The molecule has 1 amide bonds. The maximum Gasteiger partial charge on any atom is 0.325 e. The standard InChI is InChI=1S/C19H20N4O4S/c1-12-4-6-14(7-5-12)15-9-20-19(23(15)10-18(25)26-3)28-11-17(24)21-16-8-13(2)27-22-16/h4-9H,10-11H2,1-3H3,(H,21,22,24). The quantitative estimate of drug-likeness (QED) is 0.481. The van der Waals surface area contributed by atoms with Crippen LogP contribution in [0, 0.1) is 13.8 Å². The summed E-state index contributed by atoms with van der Waals surface area (Å²) in [5.74, 6) is 0.441. The average molecular weight is 400 g/mol. The van der Waals surface area contributed by atoms with Crippen molar-refractivity contribution >= 4 is 29.5 Å². The van der Waals surface area contributed by atoms with Crippen LogP contribution in [-0.4, -0.2) is 39.4 Å². The number of carbonyl (C=O) groups excluding carboxylic acids is 2. The predicted molar refractivity (Wildman–Crippen MR) is 105 cm³/mol. The van der Waals surface area contributed by atoms with E-state index in [4.69, 9.17) is 9.26 Å². The number of ether oxygens (including phenoxy) is 1. The van der Waals surface area contributed by atoms with Crippen LogP contribution in [0.15, 0.2) is 46.2 Å². The van der Waals surface area contributed by atoms with Crippen LogP contribution in [-0.2, 0) is 20.9 Å². The number of benzene rings is 1. The number of imidazole rings is 1. The number of hydrogen-bond acceptors (Lipinski definition) is 7. The highest BCUT2D eigenvalue weighted by atomic mass is 32.2. The van der Waals surface area contributed by atoms with E-state index in [1.165, 1.54) is 18.9 Å². The first-order chi connectivity index (χ1) is 13.5. The number of aryl methyl sites for hydroxylation is 2. The van der Waals surface area contributed by atoms with Crippen molar-refractivity contribution in [2.45, 2.75) is 25.5 Å². The van der Waals surface area contributed by atoms with E-state index < -0.39 is 5.97 Å². The van der Waals surface area contributed by atoms with E-state index in [1.807, 2.05) is 31.2 Å². The van der Waals surface area contributed by atoms with Crippen molar-refractivity contribution in [3.63, 3.8) is 0 Å². The van der Waals surface area contributed by atoms with Crippen LogP contribution in [0.3, 0.4) is 0 Å². The van der Waals surface area contributed by atoms with Gasteiger partial charge < -0.3 is 19.1 Å². The smallest absolute Gasteiger partial charge is 0.325 e. The van der Waals surface area contributed by atoms with Gasteiger partial charge in [-0.15, -0.1) is 0 Å². The number of esters is 1. The third kappa shape index (κ3) is 4.80. The molecule has 0 fully saturated rings. The number of nitrogens with one attached hydrogen (secondary N) is 1. The highest BCUT2D eigenvalue weighted by Crippen LogP contribution is 2.26. The van der Waals surface area contributed by atoms with Crippen LogP contribution in [0.1, 0.15) is 11.3 Å². The molecular weight excluding hydrogens is 380 g/mol. The van der Waals surface area contributed by atoms with Crippen LogP contribution in [0.4, 0.5) is 5.82 Å². The number of carbonyl (C=O) groups is 2. The lowest BCUT2D eigenvalue weighted by Gasteiger charge is -2.11. The highest BCUT2D eigenvalue weighted by molar-refractivity contribution is 7.99. The number of nitrogens with zero attached hydrogens (tertiary/aromatic N) is 3. The molecule has 0 atom stereocenters. The van der Waals surface area contributed by atoms with Gasteiger partial charge in [-0.3, -0.25) is 9.59 Å². The lowest BCUT2D eigenvalue weighted by molar-refractivity contribution is -0.141. The summed E-state index contributed by atoms with van der Waals surface area (Å²) in [4.78, 5) is 28.4. The molecule has 0 radical (unpaired) electrons. The Hall–Kier alpha value is -3.07. The van der Waals surface area contributed by atoms with Crippen molar-refractivity contribution in [3.8, 4) is 11.3 Å². The Kier molecular flexibility index (Phi) is 6.15. The Morgan fingerprint density at radius 1 is 1.25 bits per heavy atom. The number of thioether (sulfide) groups is 1. The number of amides is 1. The number of anilines is 1. The summed E-state index contributed by atoms with van der Waals surface area (Å²) in [6.45, 7) is 3.76. The van der Waals surface area contributed by atoms with E-state index in [1.54, 1.807) is 23.8 Å². The molecule has 0 saturated heterocycles. The maximum atomic E-state index is 12.2. The first kappa shape index (κ1) is 19.7. The van der Waals surface area contributed by atoms with E-state index in [-0.39, 0.29) is 18.2 Å². The number of aromatic nitrogens is 3. The van der Waals surface area contributed by atoms with E-state index >= 15 is 0 Å². The fourth-order valence-corrected chi connectivity index (χ4v) is 3.29. The summed E-state index contributed by atoms with van der Waals surface area (Å²) >= 11 is 1.23. The van der Waals surface area contributed by atoms with Crippen LogP contribution >= 0.6 is 11.8 Å². The largest absolute Gasteiger partial charge is 0.468 e. The molecule has 1 aromatic carbocycles. The lowest BCUT2D eigenvalue weighted by atomic mass is 10.1. The Balaban J connectivity index is 1.76. The first-order valence-corrected chi connectivity index (χ1v) is 9.50. The van der Waals surface area contributed by atoms with Gasteiger partial charge in [0.05, 0.1) is 24.8 Å². The molecule has 0 saturated carbocycles. The molecule has 2 heterocycles. The summed E-state index contributed by atoms with van der Waals surface area (Å²) in [7, 11) is 1.34. The van der Waals surface area contributed by atoms with Gasteiger partial charge in [-0.05, 0) is 19.4 Å². The number of methoxy groups -OCH3 is 1. The monoisotopic (exact) mass is 400 g/mol. The molecule has 9 heteroatoms. The molecule has 8 nitrogen and oxygen atoms in total. The second kappa shape index (κ2) is 8.75. The van der Waals surface area contributed by atoms with Crippen molar-refractivity contribution in [2.24, 2.45) is 0 Å². The first-order valence-electron chi connectivity index (χ1n) is 8.51. The Morgan fingerprint density at radius 2 is 2.00 bits per heavy atom. The molecule has 0 spiro atoms. The summed E-state index contributed by atoms with van der Waals surface area (Å²) in [5.41, 5.74) is 2.84. The molecule has 1 N–H and O–H groups in total. The topological polar surface area (TPSA) is 99.2 Å². The molecule has 2 aromatic heterocycles. The molecule has 0 aliphatic carbocycles. The SMILES string of the molecule is COC(=O)Cn1c(-c2ccc(C)cc2)cnc1SCC(=O)Nc1cc(C)on1. The van der Waals surface area contributed by atoms with Crippen LogP contribution in [0.2, 0.25) is 0 Å². The van der Waals surface area contributed by atoms with Crippen LogP contribution in [0.5, 0.6) is 0 Å². The van der Waals surface area contributed by atoms with E-state index in [0.717, 1.165) is 16.8 Å². The average Bonchev–Trinajstić information content (AvgIpc) is 3.26. The molecule has 0 aliphatic rings. The zero-order chi connectivity index (χ0) is 20.1. The third-order valence-electron chi connectivity index (χ3n) is 3.91. The van der Waals surface area contributed by atoms with Gasteiger partial charge in [0.25, 0.3) is 0 Å². The summed E-state index contributed by atoms with van der Waals surface area (Å²) in [5, 5.41) is 6.94. The predicted octanol–water partition coefficient (Wildman–Crippen LogP) is 3.06. The van der Waals surface area contributed by atoms with E-state index in [0.29, 0.717) is 16.7 Å². The zero-order valence-electron chi connectivity index (χ0n) is 15.8. The van der Waals surface area contributed by atoms with Gasteiger partial charge in [-0.1, -0.05) is 46.7 Å². The van der Waals surface area contributed by atoms with Crippen molar-refractivity contribution in [1.82, 2.24) is 14.7 Å². The van der Waals surface area contributed by atoms with E-state index in [2.05, 4.69) is 15.5 Å². The van der Waals surface area contributed by atoms with Gasteiger partial charge in [0.2, 0.25) is 5.91 Å². The minimum absolute atomic E-state index is 0.00609. The maximum absolute atomic E-state index is 12.2. The summed E-state index contributed by atoms with van der Waals surface area (Å²) in [6, 6.07) is 9.55. The lowest BCUT2D eigenvalue weighted by Crippen LogP contribution is -2.16. The van der Waals surface area contributed by atoms with Gasteiger partial charge in [0.15, 0.2) is 11.0 Å². The van der Waals surface area contributed by atoms with E-state index in [9.17, 15) is 9.59 Å². The highest BCUT2D eigenvalue weighted by Gasteiger charge is 2.17. The fourth-order valence-electron chi connectivity index (χ4n) is 2.51. The zero-order valence-corrected chi connectivity index (χ0v) is 16.6. The van der Waals surface area contributed by atoms with Crippen LogP contribution < -0.4 is 5.32 Å². The van der Waals surface area contributed by atoms with Crippen molar-refractivity contribution < 1.29 is 18.8 Å². The van der Waals surface area contributed by atoms with Gasteiger partial charge in [0, 0.05) is 6.07 Å². The molecule has 28 heavy (non-hydrogen) atoms. The van der Waals surface area contributed by atoms with Crippen molar-refractivity contribution in [1.29, 1.82) is 0 Å². The molecule has 146 valence electrons. The molecule has 0 unspecified atom stereocenters. The second-order valence-corrected chi connectivity index (χ2v) is 7.06. The second-order valence-electron chi connectivity index (χ2n) is 6.11. The van der Waals surface area contributed by atoms with Crippen LogP contribution in [0.25, 0.3) is 11.3 Å².